The third kappa shape index (κ3) is 3.90. The Bertz CT molecular complexity index is 313. The minimum absolute atomic E-state index is 0.272. The molecule has 0 aliphatic carbocycles. The molecule has 2 aliphatic rings. The van der Waals surface area contributed by atoms with Crippen molar-refractivity contribution in [1.29, 1.82) is 0 Å². The number of nitrogens with zero attached hydrogens (tertiary/aromatic N) is 2. The molecule has 0 aromatic heterocycles. The van der Waals surface area contributed by atoms with Crippen LogP contribution in [0.4, 0.5) is 0 Å². The van der Waals surface area contributed by atoms with E-state index >= 15 is 0 Å². The summed E-state index contributed by atoms with van der Waals surface area (Å²) in [6, 6.07) is 0.562. The molecular weight excluding hydrogens is 246 g/mol. The molecule has 0 radical (unpaired) electrons. The molecule has 2 saturated heterocycles. The van der Waals surface area contributed by atoms with Crippen molar-refractivity contribution in [3.8, 4) is 0 Å². The molecule has 0 spiro atoms. The molecule has 2 aliphatic heterocycles. The first-order chi connectivity index (χ1) is 8.79. The first kappa shape index (κ1) is 13.7. The van der Waals surface area contributed by atoms with E-state index in [4.69, 9.17) is 0 Å². The highest BCUT2D eigenvalue weighted by Gasteiger charge is 2.19. The highest BCUT2D eigenvalue weighted by molar-refractivity contribution is 8.14. The summed E-state index contributed by atoms with van der Waals surface area (Å²) in [5.74, 6) is 1.38. The van der Waals surface area contributed by atoms with Crippen LogP contribution in [-0.4, -0.2) is 47.4 Å². The molecule has 1 N–H and O–H groups in total. The Balaban J connectivity index is 1.68. The summed E-state index contributed by atoms with van der Waals surface area (Å²) in [4.78, 5) is 18.4. The van der Waals surface area contributed by atoms with Crippen LogP contribution in [0.3, 0.4) is 0 Å². The average Bonchev–Trinajstić information content (AvgIpc) is 2.87. The van der Waals surface area contributed by atoms with E-state index in [2.05, 4.69) is 17.2 Å². The molecule has 1 atom stereocenters. The number of hydrogen-bond donors (Lipinski definition) is 1. The molecule has 0 saturated carbocycles. The van der Waals surface area contributed by atoms with Crippen molar-refractivity contribution >= 4 is 22.8 Å². The molecular formula is C13H23N3OS. The second-order valence-corrected chi connectivity index (χ2v) is 5.95. The zero-order chi connectivity index (χ0) is 12.8. The van der Waals surface area contributed by atoms with Gasteiger partial charge in [0.25, 0.3) is 0 Å². The number of thioether (sulfide) groups is 1. The predicted octanol–water partition coefficient (Wildman–Crippen LogP) is 1.86. The Morgan fingerprint density at radius 2 is 2.22 bits per heavy atom. The van der Waals surface area contributed by atoms with Crippen LogP contribution in [0.25, 0.3) is 0 Å². The van der Waals surface area contributed by atoms with Crippen LogP contribution in [0.1, 0.15) is 39.0 Å². The lowest BCUT2D eigenvalue weighted by molar-refractivity contribution is -0.131. The van der Waals surface area contributed by atoms with Gasteiger partial charge in [0.15, 0.2) is 5.17 Å². The lowest BCUT2D eigenvalue weighted by Crippen LogP contribution is -2.35. The lowest BCUT2D eigenvalue weighted by atomic mass is 10.1. The fourth-order valence-corrected chi connectivity index (χ4v) is 3.41. The number of hydrogen-bond acceptors (Lipinski definition) is 3. The van der Waals surface area contributed by atoms with E-state index in [0.29, 0.717) is 19.0 Å². The van der Waals surface area contributed by atoms with Crippen molar-refractivity contribution < 1.29 is 4.79 Å². The Morgan fingerprint density at radius 1 is 1.44 bits per heavy atom. The van der Waals surface area contributed by atoms with E-state index in [1.165, 1.54) is 6.42 Å². The van der Waals surface area contributed by atoms with Gasteiger partial charge in [-0.25, -0.2) is 0 Å². The van der Waals surface area contributed by atoms with Gasteiger partial charge in [-0.15, -0.1) is 0 Å². The van der Waals surface area contributed by atoms with E-state index in [0.717, 1.165) is 43.3 Å². The number of nitrogens with one attached hydrogen (secondary N) is 1. The first-order valence-corrected chi connectivity index (χ1v) is 7.99. The Morgan fingerprint density at radius 3 is 2.89 bits per heavy atom. The van der Waals surface area contributed by atoms with Crippen molar-refractivity contribution in [3.05, 3.63) is 0 Å². The third-order valence-corrected chi connectivity index (χ3v) is 4.62. The maximum absolute atomic E-state index is 11.9. The highest BCUT2D eigenvalue weighted by atomic mass is 32.2. The predicted molar refractivity (Wildman–Crippen MR) is 77.0 cm³/mol. The molecule has 0 aromatic rings. The molecule has 18 heavy (non-hydrogen) atoms. The van der Waals surface area contributed by atoms with Gasteiger partial charge < -0.3 is 10.2 Å². The number of rotatable bonds is 4. The summed E-state index contributed by atoms with van der Waals surface area (Å²) >= 11 is 1.78. The summed E-state index contributed by atoms with van der Waals surface area (Å²) < 4.78 is 0. The number of aliphatic imine (C=N–C) groups is 1. The molecule has 1 unspecified atom stereocenters. The number of carbonyl (C=O) groups excluding carboxylic acids is 1. The quantitative estimate of drug-likeness (QED) is 0.847. The van der Waals surface area contributed by atoms with Gasteiger partial charge in [0.05, 0.1) is 6.54 Å². The lowest BCUT2D eigenvalue weighted by Gasteiger charge is -2.26. The number of amides is 1. The third-order valence-electron chi connectivity index (χ3n) is 3.53. The average molecular weight is 269 g/mol. The van der Waals surface area contributed by atoms with E-state index in [1.54, 1.807) is 11.8 Å². The maximum atomic E-state index is 11.9. The number of likely N-dealkylation sites (tertiary alicyclic amines) is 1. The Kier molecular flexibility index (Phi) is 5.35. The van der Waals surface area contributed by atoms with Crippen molar-refractivity contribution in [2.75, 3.05) is 25.4 Å². The first-order valence-electron chi connectivity index (χ1n) is 7.01. The van der Waals surface area contributed by atoms with E-state index in [9.17, 15) is 4.79 Å². The zero-order valence-electron chi connectivity index (χ0n) is 11.2. The second-order valence-electron chi connectivity index (χ2n) is 4.94. The summed E-state index contributed by atoms with van der Waals surface area (Å²) in [5.41, 5.74) is 0. The molecule has 5 heteroatoms. The summed E-state index contributed by atoms with van der Waals surface area (Å²) in [5, 5.41) is 4.40. The molecule has 2 fully saturated rings. The molecule has 2 rings (SSSR count). The Labute approximate surface area is 114 Å². The van der Waals surface area contributed by atoms with Gasteiger partial charge in [0, 0.05) is 31.3 Å². The number of piperidine rings is 1. The minimum atomic E-state index is 0.272. The normalized spacial score (nSPS) is 26.4. The van der Waals surface area contributed by atoms with Gasteiger partial charge in [-0.1, -0.05) is 18.7 Å². The van der Waals surface area contributed by atoms with Crippen molar-refractivity contribution in [1.82, 2.24) is 10.2 Å². The Hall–Kier alpha value is -0.710. The van der Waals surface area contributed by atoms with Crippen LogP contribution in [0.2, 0.25) is 0 Å². The molecule has 1 amide bonds. The molecule has 0 bridgehead atoms. The van der Waals surface area contributed by atoms with Crippen LogP contribution in [0, 0.1) is 0 Å². The number of amidine groups is 1. The second kappa shape index (κ2) is 7.02. The summed E-state index contributed by atoms with van der Waals surface area (Å²) in [6.07, 6.45) is 5.29. The summed E-state index contributed by atoms with van der Waals surface area (Å²) in [7, 11) is 0. The number of carbonyl (C=O) groups is 1. The summed E-state index contributed by atoms with van der Waals surface area (Å²) in [6.45, 7) is 4.70. The fraction of sp³-hybridized carbons (Fsp3) is 0.846. The van der Waals surface area contributed by atoms with Crippen molar-refractivity contribution in [2.45, 2.75) is 45.1 Å². The maximum Gasteiger partial charge on any atom is 0.224 e. The van der Waals surface area contributed by atoms with Crippen molar-refractivity contribution in [3.63, 3.8) is 0 Å². The van der Waals surface area contributed by atoms with Gasteiger partial charge in [0.1, 0.15) is 0 Å². The molecule has 2 heterocycles. The van der Waals surface area contributed by atoms with Crippen LogP contribution in [0.15, 0.2) is 4.99 Å². The van der Waals surface area contributed by atoms with Crippen LogP contribution in [0.5, 0.6) is 0 Å². The standard InChI is InChI=1S/C13H23N3OS/c1-2-11-10-18-13(15-11)14-7-6-12(17)16-8-4-3-5-9-16/h11H,2-10H2,1H3,(H,14,15). The largest absolute Gasteiger partial charge is 0.361 e. The van der Waals surface area contributed by atoms with Crippen LogP contribution < -0.4 is 5.32 Å². The fourth-order valence-electron chi connectivity index (χ4n) is 2.30. The molecule has 4 nitrogen and oxygen atoms in total. The SMILES string of the molecule is CCC1CSC(=NCCC(=O)N2CCCCC2)N1. The zero-order valence-corrected chi connectivity index (χ0v) is 12.0. The van der Waals surface area contributed by atoms with E-state index in [1.807, 2.05) is 4.90 Å². The molecule has 102 valence electrons. The highest BCUT2D eigenvalue weighted by Crippen LogP contribution is 2.16. The van der Waals surface area contributed by atoms with Crippen molar-refractivity contribution in [2.24, 2.45) is 4.99 Å². The van der Waals surface area contributed by atoms with Gasteiger partial charge in [-0.3, -0.25) is 9.79 Å². The van der Waals surface area contributed by atoms with E-state index < -0.39 is 0 Å². The monoisotopic (exact) mass is 269 g/mol. The smallest absolute Gasteiger partial charge is 0.224 e. The van der Waals surface area contributed by atoms with Gasteiger partial charge in [-0.2, -0.15) is 0 Å². The van der Waals surface area contributed by atoms with Crippen LogP contribution in [-0.2, 0) is 4.79 Å². The molecule has 0 aromatic carbocycles. The minimum Gasteiger partial charge on any atom is -0.361 e. The van der Waals surface area contributed by atoms with Gasteiger partial charge in [0.2, 0.25) is 5.91 Å². The van der Waals surface area contributed by atoms with E-state index in [-0.39, 0.29) is 5.91 Å². The topological polar surface area (TPSA) is 44.7 Å². The van der Waals surface area contributed by atoms with Gasteiger partial charge in [-0.05, 0) is 25.7 Å². The van der Waals surface area contributed by atoms with Gasteiger partial charge >= 0.3 is 0 Å². The van der Waals surface area contributed by atoms with Crippen LogP contribution >= 0.6 is 11.8 Å².